The molecule has 1 aliphatic heterocycles. The molecule has 5 heteroatoms. The van der Waals surface area contributed by atoms with Crippen molar-refractivity contribution in [1.82, 2.24) is 4.98 Å². The molecule has 0 bridgehead atoms. The van der Waals surface area contributed by atoms with Gasteiger partial charge in [-0.05, 0) is 31.4 Å². The van der Waals surface area contributed by atoms with Gasteiger partial charge in [-0.1, -0.05) is 12.1 Å². The van der Waals surface area contributed by atoms with Crippen LogP contribution in [0.1, 0.15) is 18.4 Å². The van der Waals surface area contributed by atoms with Gasteiger partial charge < -0.3 is 15.3 Å². The van der Waals surface area contributed by atoms with Crippen molar-refractivity contribution in [3.63, 3.8) is 0 Å². The number of benzene rings is 1. The third kappa shape index (κ3) is 2.47. The van der Waals surface area contributed by atoms with Crippen molar-refractivity contribution in [2.45, 2.75) is 19.8 Å². The molecule has 22 heavy (non-hydrogen) atoms. The first-order valence-corrected chi connectivity index (χ1v) is 7.65. The molecule has 0 unspecified atom stereocenters. The van der Waals surface area contributed by atoms with Crippen LogP contribution >= 0.6 is 0 Å². The number of rotatable bonds is 3. The maximum Gasteiger partial charge on any atom is 0.306 e. The fourth-order valence-corrected chi connectivity index (χ4v) is 3.25. The van der Waals surface area contributed by atoms with Gasteiger partial charge in [0.05, 0.1) is 5.92 Å². The summed E-state index contributed by atoms with van der Waals surface area (Å²) in [6.45, 7) is 3.55. The molecule has 2 heterocycles. The average Bonchev–Trinajstić information content (AvgIpc) is 2.55. The molecular formula is C17H21N3O2. The molecular weight excluding hydrogens is 278 g/mol. The summed E-state index contributed by atoms with van der Waals surface area (Å²) in [5, 5.41) is 14.7. The molecule has 0 aliphatic carbocycles. The first-order valence-electron chi connectivity index (χ1n) is 7.65. The minimum Gasteiger partial charge on any atom is -0.481 e. The minimum atomic E-state index is -0.682. The number of nitrogens with one attached hydrogen (secondary N) is 1. The monoisotopic (exact) mass is 299 g/mol. The van der Waals surface area contributed by atoms with Crippen LogP contribution in [0.15, 0.2) is 24.4 Å². The van der Waals surface area contributed by atoms with Gasteiger partial charge in [-0.2, -0.15) is 0 Å². The van der Waals surface area contributed by atoms with Gasteiger partial charge in [0.25, 0.3) is 0 Å². The molecule has 0 radical (unpaired) electrons. The number of hydrogen-bond acceptors (Lipinski definition) is 4. The third-order valence-electron chi connectivity index (χ3n) is 4.49. The van der Waals surface area contributed by atoms with E-state index in [1.807, 2.05) is 19.3 Å². The first kappa shape index (κ1) is 14.6. The molecule has 0 spiro atoms. The van der Waals surface area contributed by atoms with E-state index in [0.717, 1.165) is 35.5 Å². The molecule has 2 aromatic rings. The molecule has 1 fully saturated rings. The average molecular weight is 299 g/mol. The van der Waals surface area contributed by atoms with E-state index in [9.17, 15) is 4.79 Å². The van der Waals surface area contributed by atoms with Crippen molar-refractivity contribution in [3.8, 4) is 0 Å². The summed E-state index contributed by atoms with van der Waals surface area (Å²) in [5.41, 5.74) is 2.24. The van der Waals surface area contributed by atoms with Crippen LogP contribution in [0.3, 0.4) is 0 Å². The van der Waals surface area contributed by atoms with Gasteiger partial charge in [-0.25, -0.2) is 4.98 Å². The number of nitrogens with zero attached hydrogens (tertiary/aromatic N) is 2. The number of carboxylic acids is 1. The maximum atomic E-state index is 11.1. The molecule has 5 nitrogen and oxygen atoms in total. The van der Waals surface area contributed by atoms with E-state index >= 15 is 0 Å². The summed E-state index contributed by atoms with van der Waals surface area (Å²) in [5.74, 6) is 0.0567. The van der Waals surface area contributed by atoms with E-state index in [1.54, 1.807) is 0 Å². The zero-order valence-electron chi connectivity index (χ0n) is 13.0. The Morgan fingerprint density at radius 1 is 1.36 bits per heavy atom. The third-order valence-corrected chi connectivity index (χ3v) is 4.49. The Kier molecular flexibility index (Phi) is 3.88. The number of pyridine rings is 1. The highest BCUT2D eigenvalue weighted by atomic mass is 16.4. The molecule has 0 saturated carbocycles. The summed E-state index contributed by atoms with van der Waals surface area (Å²) in [6.07, 6.45) is 3.26. The zero-order valence-corrected chi connectivity index (χ0v) is 13.0. The van der Waals surface area contributed by atoms with Crippen molar-refractivity contribution >= 4 is 28.2 Å². The van der Waals surface area contributed by atoms with Crippen LogP contribution in [0.25, 0.3) is 10.8 Å². The fraction of sp³-hybridized carbons (Fsp3) is 0.412. The molecule has 1 aromatic heterocycles. The Morgan fingerprint density at radius 3 is 2.73 bits per heavy atom. The second-order valence-corrected chi connectivity index (χ2v) is 5.84. The number of aromatic nitrogens is 1. The summed E-state index contributed by atoms with van der Waals surface area (Å²) in [6, 6.07) is 6.19. The summed E-state index contributed by atoms with van der Waals surface area (Å²) < 4.78 is 0. The Bertz CT molecular complexity index is 706. The SMILES string of the molecule is CNc1cccc2c(N3CCC(C(=O)O)CC3)ncc(C)c12. The highest BCUT2D eigenvalue weighted by Gasteiger charge is 2.26. The van der Waals surface area contributed by atoms with Crippen molar-refractivity contribution in [2.24, 2.45) is 5.92 Å². The van der Waals surface area contributed by atoms with Crippen LogP contribution in [0, 0.1) is 12.8 Å². The van der Waals surface area contributed by atoms with Gasteiger partial charge in [0.1, 0.15) is 5.82 Å². The smallest absolute Gasteiger partial charge is 0.306 e. The van der Waals surface area contributed by atoms with E-state index in [2.05, 4.69) is 34.3 Å². The van der Waals surface area contributed by atoms with E-state index in [-0.39, 0.29) is 5.92 Å². The predicted molar refractivity (Wildman–Crippen MR) is 88.6 cm³/mol. The number of hydrogen-bond donors (Lipinski definition) is 2. The van der Waals surface area contributed by atoms with Crippen molar-refractivity contribution in [2.75, 3.05) is 30.4 Å². The molecule has 116 valence electrons. The standard InChI is InChI=1S/C17H21N3O2/c1-11-10-19-16(13-4-3-5-14(18-2)15(11)13)20-8-6-12(7-9-20)17(21)22/h3-5,10,12,18H,6-9H2,1-2H3,(H,21,22). The number of fused-ring (bicyclic) bond motifs is 1. The number of aliphatic carboxylic acids is 1. The van der Waals surface area contributed by atoms with Gasteiger partial charge in [0, 0.05) is 42.8 Å². The Labute approximate surface area is 130 Å². The lowest BCUT2D eigenvalue weighted by atomic mass is 9.96. The second-order valence-electron chi connectivity index (χ2n) is 5.84. The molecule has 3 rings (SSSR count). The summed E-state index contributed by atoms with van der Waals surface area (Å²) in [4.78, 5) is 17.9. The van der Waals surface area contributed by atoms with E-state index in [4.69, 9.17) is 5.11 Å². The highest BCUT2D eigenvalue weighted by Crippen LogP contribution is 2.33. The molecule has 0 atom stereocenters. The van der Waals surface area contributed by atoms with Crippen molar-refractivity contribution in [1.29, 1.82) is 0 Å². The van der Waals surface area contributed by atoms with E-state index < -0.39 is 5.97 Å². The maximum absolute atomic E-state index is 11.1. The largest absolute Gasteiger partial charge is 0.481 e. The molecule has 0 amide bonds. The number of piperidine rings is 1. The molecule has 2 N–H and O–H groups in total. The van der Waals surface area contributed by atoms with Gasteiger partial charge >= 0.3 is 5.97 Å². The van der Waals surface area contributed by atoms with E-state index in [0.29, 0.717) is 12.8 Å². The first-order chi connectivity index (χ1) is 10.6. The van der Waals surface area contributed by atoms with Crippen LogP contribution in [0.2, 0.25) is 0 Å². The van der Waals surface area contributed by atoms with Crippen molar-refractivity contribution < 1.29 is 9.90 Å². The van der Waals surface area contributed by atoms with E-state index in [1.165, 1.54) is 5.39 Å². The zero-order chi connectivity index (χ0) is 15.7. The van der Waals surface area contributed by atoms with Crippen LogP contribution < -0.4 is 10.2 Å². The fourth-order valence-electron chi connectivity index (χ4n) is 3.25. The van der Waals surface area contributed by atoms with Crippen LogP contribution in [0.4, 0.5) is 11.5 Å². The quantitative estimate of drug-likeness (QED) is 0.912. The number of carbonyl (C=O) groups is 1. The molecule has 1 aliphatic rings. The Morgan fingerprint density at radius 2 is 2.09 bits per heavy atom. The number of anilines is 2. The Hall–Kier alpha value is -2.30. The summed E-state index contributed by atoms with van der Waals surface area (Å²) >= 11 is 0. The summed E-state index contributed by atoms with van der Waals surface area (Å²) in [7, 11) is 1.92. The Balaban J connectivity index is 1.99. The number of carboxylic acid groups (broad SMARTS) is 1. The lowest BCUT2D eigenvalue weighted by Crippen LogP contribution is -2.36. The van der Waals surface area contributed by atoms with Crippen molar-refractivity contribution in [3.05, 3.63) is 30.0 Å². The second kappa shape index (κ2) is 5.83. The van der Waals surface area contributed by atoms with Crippen LogP contribution in [-0.4, -0.2) is 36.2 Å². The normalized spacial score (nSPS) is 16.0. The highest BCUT2D eigenvalue weighted by molar-refractivity contribution is 6.02. The molecule has 1 saturated heterocycles. The minimum absolute atomic E-state index is 0.221. The topological polar surface area (TPSA) is 65.5 Å². The van der Waals surface area contributed by atoms with Crippen LogP contribution in [-0.2, 0) is 4.79 Å². The van der Waals surface area contributed by atoms with Gasteiger partial charge in [-0.3, -0.25) is 4.79 Å². The molecule has 1 aromatic carbocycles. The predicted octanol–water partition coefficient (Wildman–Crippen LogP) is 2.89. The number of aryl methyl sites for hydroxylation is 1. The lowest BCUT2D eigenvalue weighted by molar-refractivity contribution is -0.142. The van der Waals surface area contributed by atoms with Gasteiger partial charge in [0.2, 0.25) is 0 Å². The van der Waals surface area contributed by atoms with Crippen LogP contribution in [0.5, 0.6) is 0 Å². The van der Waals surface area contributed by atoms with Gasteiger partial charge in [0.15, 0.2) is 0 Å². The lowest BCUT2D eigenvalue weighted by Gasteiger charge is -2.32. The van der Waals surface area contributed by atoms with Gasteiger partial charge in [-0.15, -0.1) is 0 Å².